The van der Waals surface area contributed by atoms with Gasteiger partial charge < -0.3 is 10.2 Å². The Kier molecular flexibility index (Phi) is 5.68. The largest absolute Gasteiger partial charge is 0.335 e. The van der Waals surface area contributed by atoms with Crippen molar-refractivity contribution in [2.24, 2.45) is 5.92 Å². The van der Waals surface area contributed by atoms with Gasteiger partial charge in [-0.2, -0.15) is 0 Å². The van der Waals surface area contributed by atoms with Crippen LogP contribution in [-0.4, -0.2) is 36.0 Å². The molecule has 0 aromatic carbocycles. The monoisotopic (exact) mass is 266 g/mol. The van der Waals surface area contributed by atoms with Crippen molar-refractivity contribution in [2.75, 3.05) is 13.1 Å². The number of nitrogens with one attached hydrogen (secondary N) is 1. The quantitative estimate of drug-likeness (QED) is 0.719. The first-order valence-corrected chi connectivity index (χ1v) is 8.26. The SMILES string of the molecule is CCCCCCCCC(=O)N1C(C)CC2CNCC21. The van der Waals surface area contributed by atoms with Crippen LogP contribution >= 0.6 is 0 Å². The number of amides is 1. The van der Waals surface area contributed by atoms with Crippen LogP contribution in [0.25, 0.3) is 0 Å². The number of hydrogen-bond acceptors (Lipinski definition) is 2. The lowest BCUT2D eigenvalue weighted by atomic mass is 10.0. The van der Waals surface area contributed by atoms with Gasteiger partial charge in [-0.15, -0.1) is 0 Å². The molecule has 3 atom stereocenters. The minimum Gasteiger partial charge on any atom is -0.335 e. The Hall–Kier alpha value is -0.570. The highest BCUT2D eigenvalue weighted by atomic mass is 16.2. The van der Waals surface area contributed by atoms with E-state index in [4.69, 9.17) is 0 Å². The Morgan fingerprint density at radius 2 is 1.89 bits per heavy atom. The normalized spacial score (nSPS) is 29.8. The molecule has 2 aliphatic heterocycles. The van der Waals surface area contributed by atoms with Gasteiger partial charge in [0.05, 0.1) is 0 Å². The minimum atomic E-state index is 0.402. The number of carbonyl (C=O) groups is 1. The van der Waals surface area contributed by atoms with Crippen LogP contribution in [0.15, 0.2) is 0 Å². The zero-order valence-electron chi connectivity index (χ0n) is 12.7. The van der Waals surface area contributed by atoms with Gasteiger partial charge in [-0.25, -0.2) is 0 Å². The summed E-state index contributed by atoms with van der Waals surface area (Å²) >= 11 is 0. The van der Waals surface area contributed by atoms with Crippen molar-refractivity contribution < 1.29 is 4.79 Å². The highest BCUT2D eigenvalue weighted by molar-refractivity contribution is 5.77. The minimum absolute atomic E-state index is 0.402. The molecule has 2 rings (SSSR count). The molecule has 0 aromatic rings. The van der Waals surface area contributed by atoms with Crippen LogP contribution in [0.2, 0.25) is 0 Å². The molecule has 0 saturated carbocycles. The van der Waals surface area contributed by atoms with Gasteiger partial charge in [-0.3, -0.25) is 4.79 Å². The second-order valence-electron chi connectivity index (χ2n) is 6.39. The lowest BCUT2D eigenvalue weighted by Gasteiger charge is -2.27. The molecular weight excluding hydrogens is 236 g/mol. The molecule has 2 fully saturated rings. The molecule has 0 spiro atoms. The number of unbranched alkanes of at least 4 members (excludes halogenated alkanes) is 5. The van der Waals surface area contributed by atoms with Crippen LogP contribution in [0.4, 0.5) is 0 Å². The molecule has 1 amide bonds. The molecule has 2 saturated heterocycles. The summed E-state index contributed by atoms with van der Waals surface area (Å²) in [5, 5.41) is 3.43. The number of fused-ring (bicyclic) bond motifs is 1. The Morgan fingerprint density at radius 3 is 2.68 bits per heavy atom. The maximum atomic E-state index is 12.4. The van der Waals surface area contributed by atoms with Crippen molar-refractivity contribution in [1.29, 1.82) is 0 Å². The summed E-state index contributed by atoms with van der Waals surface area (Å²) in [6, 6.07) is 0.951. The molecule has 0 aliphatic carbocycles. The summed E-state index contributed by atoms with van der Waals surface area (Å²) in [6.07, 6.45) is 9.52. The molecule has 2 heterocycles. The lowest BCUT2D eigenvalue weighted by molar-refractivity contribution is -0.133. The van der Waals surface area contributed by atoms with Gasteiger partial charge in [0.1, 0.15) is 0 Å². The average Bonchev–Trinajstić information content (AvgIpc) is 2.92. The molecule has 1 N–H and O–H groups in total. The van der Waals surface area contributed by atoms with Gasteiger partial charge >= 0.3 is 0 Å². The van der Waals surface area contributed by atoms with E-state index < -0.39 is 0 Å². The zero-order valence-corrected chi connectivity index (χ0v) is 12.7. The summed E-state index contributed by atoms with van der Waals surface area (Å²) in [5.41, 5.74) is 0. The lowest BCUT2D eigenvalue weighted by Crippen LogP contribution is -2.42. The number of rotatable bonds is 7. The summed E-state index contributed by atoms with van der Waals surface area (Å²) < 4.78 is 0. The van der Waals surface area contributed by atoms with E-state index in [-0.39, 0.29) is 0 Å². The molecule has 2 aliphatic rings. The topological polar surface area (TPSA) is 32.3 Å². The van der Waals surface area contributed by atoms with Crippen LogP contribution in [-0.2, 0) is 4.79 Å². The Balaban J connectivity index is 1.68. The maximum Gasteiger partial charge on any atom is 0.223 e. The van der Waals surface area contributed by atoms with E-state index in [0.29, 0.717) is 23.9 Å². The second kappa shape index (κ2) is 7.28. The summed E-state index contributed by atoms with van der Waals surface area (Å²) in [5.74, 6) is 1.11. The second-order valence-corrected chi connectivity index (χ2v) is 6.39. The summed E-state index contributed by atoms with van der Waals surface area (Å²) in [6.45, 7) is 6.58. The number of likely N-dealkylation sites (tertiary alicyclic amines) is 1. The van der Waals surface area contributed by atoms with Crippen LogP contribution < -0.4 is 5.32 Å². The maximum absolute atomic E-state index is 12.4. The van der Waals surface area contributed by atoms with E-state index in [9.17, 15) is 4.79 Å². The van der Waals surface area contributed by atoms with Gasteiger partial charge in [0.25, 0.3) is 0 Å². The predicted octanol–water partition coefficient (Wildman–Crippen LogP) is 2.95. The third kappa shape index (κ3) is 3.71. The predicted molar refractivity (Wildman–Crippen MR) is 79.1 cm³/mol. The van der Waals surface area contributed by atoms with Gasteiger partial charge in [0.2, 0.25) is 5.91 Å². The van der Waals surface area contributed by atoms with Crippen LogP contribution in [0, 0.1) is 5.92 Å². The summed E-state index contributed by atoms with van der Waals surface area (Å²) in [4.78, 5) is 14.6. The third-order valence-electron chi connectivity index (χ3n) is 4.81. The van der Waals surface area contributed by atoms with Gasteiger partial charge in [0.15, 0.2) is 0 Å². The van der Waals surface area contributed by atoms with Crippen molar-refractivity contribution in [3.8, 4) is 0 Å². The zero-order chi connectivity index (χ0) is 13.7. The first kappa shape index (κ1) is 14.8. The fourth-order valence-electron chi connectivity index (χ4n) is 3.78. The Bertz CT molecular complexity index is 292. The molecular formula is C16H30N2O. The van der Waals surface area contributed by atoms with E-state index >= 15 is 0 Å². The van der Waals surface area contributed by atoms with Crippen molar-refractivity contribution >= 4 is 5.91 Å². The fraction of sp³-hybridized carbons (Fsp3) is 0.938. The van der Waals surface area contributed by atoms with E-state index in [1.165, 1.54) is 38.5 Å². The van der Waals surface area contributed by atoms with E-state index in [2.05, 4.69) is 24.1 Å². The van der Waals surface area contributed by atoms with Crippen LogP contribution in [0.3, 0.4) is 0 Å². The molecule has 19 heavy (non-hydrogen) atoms. The van der Waals surface area contributed by atoms with Crippen molar-refractivity contribution in [2.45, 2.75) is 77.3 Å². The number of hydrogen-bond donors (Lipinski definition) is 1. The first-order valence-electron chi connectivity index (χ1n) is 8.26. The van der Waals surface area contributed by atoms with Crippen LogP contribution in [0.1, 0.15) is 65.2 Å². The highest BCUT2D eigenvalue weighted by Crippen LogP contribution is 2.32. The van der Waals surface area contributed by atoms with E-state index in [1.54, 1.807) is 0 Å². The highest BCUT2D eigenvalue weighted by Gasteiger charge is 2.43. The average molecular weight is 266 g/mol. The van der Waals surface area contributed by atoms with Gasteiger partial charge in [-0.1, -0.05) is 39.0 Å². The van der Waals surface area contributed by atoms with E-state index in [0.717, 1.165) is 25.9 Å². The molecule has 3 unspecified atom stereocenters. The Morgan fingerprint density at radius 1 is 1.16 bits per heavy atom. The molecule has 3 heteroatoms. The van der Waals surface area contributed by atoms with Crippen LogP contribution in [0.5, 0.6) is 0 Å². The Labute approximate surface area is 118 Å². The first-order chi connectivity index (χ1) is 9.24. The standard InChI is InChI=1S/C16H30N2O/c1-3-4-5-6-7-8-9-16(19)18-13(2)10-14-11-17-12-15(14)18/h13-15,17H,3-12H2,1-2H3. The van der Waals surface area contributed by atoms with Crippen molar-refractivity contribution in [1.82, 2.24) is 10.2 Å². The molecule has 110 valence electrons. The van der Waals surface area contributed by atoms with Crippen molar-refractivity contribution in [3.05, 3.63) is 0 Å². The van der Waals surface area contributed by atoms with Crippen molar-refractivity contribution in [3.63, 3.8) is 0 Å². The third-order valence-corrected chi connectivity index (χ3v) is 4.81. The molecule has 0 bridgehead atoms. The van der Waals surface area contributed by atoms with Gasteiger partial charge in [0, 0.05) is 31.6 Å². The summed E-state index contributed by atoms with van der Waals surface area (Å²) in [7, 11) is 0. The molecule has 0 aromatic heterocycles. The number of nitrogens with zero attached hydrogens (tertiary/aromatic N) is 1. The van der Waals surface area contributed by atoms with Gasteiger partial charge in [-0.05, 0) is 25.7 Å². The number of carbonyl (C=O) groups excluding carboxylic acids is 1. The molecule has 3 nitrogen and oxygen atoms in total. The fourth-order valence-corrected chi connectivity index (χ4v) is 3.78. The van der Waals surface area contributed by atoms with E-state index in [1.807, 2.05) is 0 Å². The molecule has 0 radical (unpaired) electrons. The smallest absolute Gasteiger partial charge is 0.223 e.